The van der Waals surface area contributed by atoms with Crippen LogP contribution in [0.5, 0.6) is 0 Å². The summed E-state index contributed by atoms with van der Waals surface area (Å²) in [6, 6.07) is 54.6. The predicted octanol–water partition coefficient (Wildman–Crippen LogP) is 12.2. The molecule has 0 fully saturated rings. The molecule has 5 heteroatoms. The molecular weight excluding hydrogens is 603 g/mol. The van der Waals surface area contributed by atoms with Crippen molar-refractivity contribution in [2.45, 2.75) is 0 Å². The Labute approximate surface area is 281 Å². The number of fused-ring (bicyclic) bond motifs is 7. The predicted molar refractivity (Wildman–Crippen MR) is 200 cm³/mol. The van der Waals surface area contributed by atoms with Crippen LogP contribution < -0.4 is 4.90 Å². The highest BCUT2D eigenvalue weighted by atomic mass is 16.3. The molecule has 4 heterocycles. The maximum atomic E-state index is 6.16. The fourth-order valence-electron chi connectivity index (χ4n) is 7.08. The molecule has 0 aliphatic heterocycles. The first-order valence-electron chi connectivity index (χ1n) is 16.3. The lowest BCUT2D eigenvalue weighted by atomic mass is 9.96. The van der Waals surface area contributed by atoms with Gasteiger partial charge in [0.25, 0.3) is 0 Å². The van der Waals surface area contributed by atoms with Crippen LogP contribution in [-0.4, -0.2) is 9.97 Å². The molecule has 0 unspecified atom stereocenters. The maximum Gasteiger partial charge on any atom is 0.227 e. The first-order valence-corrected chi connectivity index (χ1v) is 16.3. The molecule has 0 radical (unpaired) electrons. The van der Waals surface area contributed by atoms with Gasteiger partial charge in [0, 0.05) is 28.3 Å². The number of benzene rings is 6. The average molecular weight is 630 g/mol. The highest BCUT2D eigenvalue weighted by Gasteiger charge is 2.20. The summed E-state index contributed by atoms with van der Waals surface area (Å²) >= 11 is 0. The third-order valence-corrected chi connectivity index (χ3v) is 9.34. The average Bonchev–Trinajstić information content (AvgIpc) is 3.74. The molecule has 0 aliphatic rings. The zero-order valence-electron chi connectivity index (χ0n) is 26.2. The van der Waals surface area contributed by atoms with Crippen molar-refractivity contribution in [2.24, 2.45) is 0 Å². The van der Waals surface area contributed by atoms with Crippen LogP contribution >= 0.6 is 0 Å². The Bertz CT molecular complexity index is 2830. The highest BCUT2D eigenvalue weighted by Crippen LogP contribution is 2.42. The number of rotatable bonds is 5. The molecule has 0 spiro atoms. The van der Waals surface area contributed by atoms with E-state index in [0.717, 1.165) is 83.3 Å². The molecule has 10 aromatic rings. The fraction of sp³-hybridized carbons (Fsp3) is 0. The summed E-state index contributed by atoms with van der Waals surface area (Å²) in [5, 5.41) is 5.42. The maximum absolute atomic E-state index is 6.16. The highest BCUT2D eigenvalue weighted by molar-refractivity contribution is 6.11. The molecule has 0 saturated heterocycles. The van der Waals surface area contributed by atoms with Crippen LogP contribution in [0.15, 0.2) is 173 Å². The summed E-state index contributed by atoms with van der Waals surface area (Å²) in [5.74, 6) is 0.799. The molecular formula is C44H27N3O2. The number of aromatic nitrogens is 2. The van der Waals surface area contributed by atoms with Gasteiger partial charge >= 0.3 is 0 Å². The van der Waals surface area contributed by atoms with Crippen molar-refractivity contribution in [1.29, 1.82) is 0 Å². The minimum atomic E-state index is 0.638. The SMILES string of the molecule is c1ccc(-c2cc(N(c3ccc(-c4ccnc5oc6ccccc6c45)cc3)c3ccc4oc5ccccc5c4n3)cc3ccccc23)cc1. The van der Waals surface area contributed by atoms with Crippen LogP contribution in [0.1, 0.15) is 0 Å². The van der Waals surface area contributed by atoms with Crippen LogP contribution in [0.3, 0.4) is 0 Å². The van der Waals surface area contributed by atoms with Crippen LogP contribution in [0.4, 0.5) is 17.2 Å². The molecule has 0 saturated carbocycles. The lowest BCUT2D eigenvalue weighted by molar-refractivity contribution is 0.654. The number of hydrogen-bond acceptors (Lipinski definition) is 5. The summed E-state index contributed by atoms with van der Waals surface area (Å²) in [4.78, 5) is 12.0. The Morgan fingerprint density at radius 1 is 0.469 bits per heavy atom. The second-order valence-corrected chi connectivity index (χ2v) is 12.2. The smallest absolute Gasteiger partial charge is 0.227 e. The topological polar surface area (TPSA) is 55.3 Å². The van der Waals surface area contributed by atoms with Crippen molar-refractivity contribution < 1.29 is 8.83 Å². The molecule has 0 bridgehead atoms. The van der Waals surface area contributed by atoms with E-state index >= 15 is 0 Å². The van der Waals surface area contributed by atoms with Gasteiger partial charge in [-0.3, -0.25) is 4.90 Å². The number of hydrogen-bond donors (Lipinski definition) is 0. The third kappa shape index (κ3) is 4.48. The van der Waals surface area contributed by atoms with E-state index in [1.54, 1.807) is 0 Å². The zero-order valence-corrected chi connectivity index (χ0v) is 26.2. The van der Waals surface area contributed by atoms with Gasteiger partial charge in [0.2, 0.25) is 5.71 Å². The number of para-hydroxylation sites is 2. The standard InChI is InChI=1S/C44H27N3O2/c1-2-10-28(11-3-1)37-27-32(26-30-12-4-5-13-33(30)37)47(41-23-22-40-43(46-41)36-15-7-9-17-39(36)48-40)31-20-18-29(19-21-31)34-24-25-45-44-42(34)35-14-6-8-16-38(35)49-44/h1-27H. The Morgan fingerprint density at radius 3 is 2.00 bits per heavy atom. The van der Waals surface area contributed by atoms with Gasteiger partial charge in [-0.1, -0.05) is 97.1 Å². The van der Waals surface area contributed by atoms with Crippen molar-refractivity contribution in [2.75, 3.05) is 4.90 Å². The summed E-state index contributed by atoms with van der Waals surface area (Å²) < 4.78 is 12.3. The van der Waals surface area contributed by atoms with Gasteiger partial charge in [-0.05, 0) is 93.7 Å². The molecule has 4 aromatic heterocycles. The number of anilines is 3. The Balaban J connectivity index is 1.18. The molecule has 49 heavy (non-hydrogen) atoms. The van der Waals surface area contributed by atoms with Gasteiger partial charge < -0.3 is 8.83 Å². The van der Waals surface area contributed by atoms with E-state index in [9.17, 15) is 0 Å². The molecule has 0 atom stereocenters. The molecule has 10 rings (SSSR count). The Hall–Kier alpha value is -6.72. The van der Waals surface area contributed by atoms with E-state index in [1.807, 2.05) is 54.7 Å². The quantitative estimate of drug-likeness (QED) is 0.190. The van der Waals surface area contributed by atoms with E-state index < -0.39 is 0 Å². The number of pyridine rings is 2. The molecule has 230 valence electrons. The third-order valence-electron chi connectivity index (χ3n) is 9.34. The van der Waals surface area contributed by atoms with E-state index in [0.29, 0.717) is 5.71 Å². The summed E-state index contributed by atoms with van der Waals surface area (Å²) in [6.45, 7) is 0. The molecule has 6 aromatic carbocycles. The van der Waals surface area contributed by atoms with Crippen LogP contribution in [-0.2, 0) is 0 Å². The van der Waals surface area contributed by atoms with E-state index in [4.69, 9.17) is 13.8 Å². The van der Waals surface area contributed by atoms with Gasteiger partial charge in [0.1, 0.15) is 22.5 Å². The van der Waals surface area contributed by atoms with E-state index in [-0.39, 0.29) is 0 Å². The number of furan rings is 2. The van der Waals surface area contributed by atoms with E-state index in [1.165, 1.54) is 5.39 Å². The molecule has 5 nitrogen and oxygen atoms in total. The molecule has 0 aliphatic carbocycles. The first kappa shape index (κ1) is 27.4. The second-order valence-electron chi connectivity index (χ2n) is 12.2. The van der Waals surface area contributed by atoms with Gasteiger partial charge in [0.05, 0.1) is 5.39 Å². The number of nitrogens with zero attached hydrogens (tertiary/aromatic N) is 3. The zero-order chi connectivity index (χ0) is 32.3. The van der Waals surface area contributed by atoms with Crippen molar-refractivity contribution in [3.8, 4) is 22.3 Å². The fourth-order valence-corrected chi connectivity index (χ4v) is 7.08. The summed E-state index contributed by atoms with van der Waals surface area (Å²) in [6.07, 6.45) is 1.81. The molecule has 0 amide bonds. The van der Waals surface area contributed by atoms with Crippen LogP contribution in [0, 0.1) is 0 Å². The second kappa shape index (κ2) is 10.9. The minimum Gasteiger partial charge on any atom is -0.454 e. The first-order chi connectivity index (χ1) is 24.3. The van der Waals surface area contributed by atoms with Crippen molar-refractivity contribution in [3.63, 3.8) is 0 Å². The van der Waals surface area contributed by atoms with Crippen molar-refractivity contribution in [3.05, 3.63) is 164 Å². The normalized spacial score (nSPS) is 11.7. The summed E-state index contributed by atoms with van der Waals surface area (Å²) in [7, 11) is 0. The minimum absolute atomic E-state index is 0.638. The Morgan fingerprint density at radius 2 is 1.16 bits per heavy atom. The lowest BCUT2D eigenvalue weighted by Gasteiger charge is -2.26. The summed E-state index contributed by atoms with van der Waals surface area (Å²) in [5.41, 5.74) is 10.4. The van der Waals surface area contributed by atoms with Crippen molar-refractivity contribution >= 4 is 72.1 Å². The van der Waals surface area contributed by atoms with Gasteiger partial charge in [-0.15, -0.1) is 0 Å². The monoisotopic (exact) mass is 629 g/mol. The van der Waals surface area contributed by atoms with Crippen molar-refractivity contribution in [1.82, 2.24) is 9.97 Å². The van der Waals surface area contributed by atoms with Crippen LogP contribution in [0.2, 0.25) is 0 Å². The van der Waals surface area contributed by atoms with Gasteiger partial charge in [-0.2, -0.15) is 0 Å². The molecule has 0 N–H and O–H groups in total. The lowest BCUT2D eigenvalue weighted by Crippen LogP contribution is -2.12. The largest absolute Gasteiger partial charge is 0.454 e. The van der Waals surface area contributed by atoms with E-state index in [2.05, 4.69) is 119 Å². The van der Waals surface area contributed by atoms with Gasteiger partial charge in [-0.25, -0.2) is 9.97 Å². The Kier molecular flexibility index (Phi) is 6.11. The van der Waals surface area contributed by atoms with Crippen LogP contribution in [0.25, 0.3) is 77.2 Å². The van der Waals surface area contributed by atoms with Gasteiger partial charge in [0.15, 0.2) is 5.58 Å².